The molecule has 0 amide bonds. The second-order valence-corrected chi connectivity index (χ2v) is 4.33. The SMILES string of the molecule is CCNCC1CC1c1ccc(Br)o1. The van der Waals surface area contributed by atoms with Crippen molar-refractivity contribution in [3.8, 4) is 0 Å². The maximum Gasteiger partial charge on any atom is 0.169 e. The van der Waals surface area contributed by atoms with E-state index >= 15 is 0 Å². The predicted molar refractivity (Wildman–Crippen MR) is 55.8 cm³/mol. The highest BCUT2D eigenvalue weighted by molar-refractivity contribution is 9.10. The van der Waals surface area contributed by atoms with Gasteiger partial charge in [0.2, 0.25) is 0 Å². The number of hydrogen-bond acceptors (Lipinski definition) is 2. The van der Waals surface area contributed by atoms with Gasteiger partial charge >= 0.3 is 0 Å². The molecule has 1 saturated carbocycles. The van der Waals surface area contributed by atoms with E-state index in [9.17, 15) is 0 Å². The molecule has 0 saturated heterocycles. The Morgan fingerprint density at radius 3 is 3.08 bits per heavy atom. The lowest BCUT2D eigenvalue weighted by Gasteiger charge is -1.98. The summed E-state index contributed by atoms with van der Waals surface area (Å²) in [7, 11) is 0. The summed E-state index contributed by atoms with van der Waals surface area (Å²) < 4.78 is 6.35. The van der Waals surface area contributed by atoms with E-state index in [0.29, 0.717) is 5.92 Å². The lowest BCUT2D eigenvalue weighted by Crippen LogP contribution is -2.16. The monoisotopic (exact) mass is 243 g/mol. The minimum atomic E-state index is 0.658. The molecule has 1 N–H and O–H groups in total. The van der Waals surface area contributed by atoms with E-state index in [1.165, 1.54) is 6.42 Å². The number of furan rings is 1. The maximum absolute atomic E-state index is 5.51. The highest BCUT2D eigenvalue weighted by Crippen LogP contribution is 2.47. The number of nitrogens with one attached hydrogen (secondary N) is 1. The van der Waals surface area contributed by atoms with E-state index in [-0.39, 0.29) is 0 Å². The molecule has 0 aromatic carbocycles. The molecule has 1 aliphatic rings. The Hall–Kier alpha value is -0.280. The quantitative estimate of drug-likeness (QED) is 0.880. The largest absolute Gasteiger partial charge is 0.454 e. The summed E-state index contributed by atoms with van der Waals surface area (Å²) in [6.45, 7) is 4.32. The minimum Gasteiger partial charge on any atom is -0.454 e. The molecule has 1 aromatic heterocycles. The molecule has 2 unspecified atom stereocenters. The third-order valence-electron chi connectivity index (χ3n) is 2.54. The molecule has 0 spiro atoms. The Kier molecular flexibility index (Phi) is 2.74. The van der Waals surface area contributed by atoms with Crippen molar-refractivity contribution >= 4 is 15.9 Å². The van der Waals surface area contributed by atoms with Gasteiger partial charge in [-0.3, -0.25) is 0 Å². The van der Waals surface area contributed by atoms with Crippen LogP contribution in [0.25, 0.3) is 0 Å². The molecule has 72 valence electrons. The average molecular weight is 244 g/mol. The second kappa shape index (κ2) is 3.84. The van der Waals surface area contributed by atoms with Crippen molar-refractivity contribution in [2.75, 3.05) is 13.1 Å². The predicted octanol–water partition coefficient (Wildman–Crippen LogP) is 2.76. The second-order valence-electron chi connectivity index (χ2n) is 3.55. The van der Waals surface area contributed by atoms with Gasteiger partial charge in [0.1, 0.15) is 5.76 Å². The fraction of sp³-hybridized carbons (Fsp3) is 0.600. The first-order valence-electron chi connectivity index (χ1n) is 4.77. The minimum absolute atomic E-state index is 0.658. The Morgan fingerprint density at radius 1 is 1.62 bits per heavy atom. The molecule has 2 nitrogen and oxygen atoms in total. The summed E-state index contributed by atoms with van der Waals surface area (Å²) in [5, 5.41) is 3.36. The highest BCUT2D eigenvalue weighted by Gasteiger charge is 2.39. The summed E-state index contributed by atoms with van der Waals surface area (Å²) in [6, 6.07) is 4.04. The zero-order valence-electron chi connectivity index (χ0n) is 7.72. The molecular formula is C10H14BrNO. The van der Waals surface area contributed by atoms with E-state index in [1.54, 1.807) is 0 Å². The third-order valence-corrected chi connectivity index (χ3v) is 2.96. The van der Waals surface area contributed by atoms with E-state index in [0.717, 1.165) is 29.4 Å². The molecule has 2 rings (SSSR count). The van der Waals surface area contributed by atoms with Crippen LogP contribution >= 0.6 is 15.9 Å². The van der Waals surface area contributed by atoms with Gasteiger partial charge in [-0.15, -0.1) is 0 Å². The van der Waals surface area contributed by atoms with Gasteiger partial charge in [0.15, 0.2) is 4.67 Å². The van der Waals surface area contributed by atoms with Crippen LogP contribution in [-0.2, 0) is 0 Å². The third kappa shape index (κ3) is 2.15. The van der Waals surface area contributed by atoms with Crippen LogP contribution in [0.2, 0.25) is 0 Å². The molecule has 1 aromatic rings. The fourth-order valence-electron chi connectivity index (χ4n) is 1.68. The van der Waals surface area contributed by atoms with Crippen LogP contribution in [-0.4, -0.2) is 13.1 Å². The van der Waals surface area contributed by atoms with Gasteiger partial charge in [-0.05, 0) is 53.5 Å². The summed E-state index contributed by atoms with van der Waals surface area (Å²) in [4.78, 5) is 0. The molecule has 13 heavy (non-hydrogen) atoms. The van der Waals surface area contributed by atoms with Crippen molar-refractivity contribution in [1.29, 1.82) is 0 Å². The zero-order valence-corrected chi connectivity index (χ0v) is 9.30. The first-order chi connectivity index (χ1) is 6.31. The summed E-state index contributed by atoms with van der Waals surface area (Å²) in [5.41, 5.74) is 0. The van der Waals surface area contributed by atoms with Crippen LogP contribution in [0, 0.1) is 5.92 Å². The van der Waals surface area contributed by atoms with Gasteiger partial charge in [0.05, 0.1) is 0 Å². The van der Waals surface area contributed by atoms with E-state index < -0.39 is 0 Å². The smallest absolute Gasteiger partial charge is 0.169 e. The van der Waals surface area contributed by atoms with Crippen LogP contribution in [0.15, 0.2) is 21.2 Å². The van der Waals surface area contributed by atoms with Crippen molar-refractivity contribution in [3.63, 3.8) is 0 Å². The van der Waals surface area contributed by atoms with Crippen LogP contribution in [0.3, 0.4) is 0 Å². The van der Waals surface area contributed by atoms with Gasteiger partial charge in [-0.1, -0.05) is 6.92 Å². The van der Waals surface area contributed by atoms with Crippen LogP contribution in [0.1, 0.15) is 25.0 Å². The molecule has 1 heterocycles. The van der Waals surface area contributed by atoms with Crippen molar-refractivity contribution < 1.29 is 4.42 Å². The summed E-state index contributed by atoms with van der Waals surface area (Å²) in [6.07, 6.45) is 1.27. The Bertz CT molecular complexity index is 284. The Labute approximate surface area is 86.8 Å². The van der Waals surface area contributed by atoms with E-state index in [1.807, 2.05) is 6.07 Å². The number of halogens is 1. The Morgan fingerprint density at radius 2 is 2.46 bits per heavy atom. The van der Waals surface area contributed by atoms with Crippen LogP contribution in [0.4, 0.5) is 0 Å². The summed E-state index contributed by atoms with van der Waals surface area (Å²) in [5.74, 6) is 2.58. The molecule has 0 bridgehead atoms. The first-order valence-corrected chi connectivity index (χ1v) is 5.56. The highest BCUT2D eigenvalue weighted by atomic mass is 79.9. The standard InChI is InChI=1S/C10H14BrNO/c1-2-12-6-7-5-8(7)9-3-4-10(11)13-9/h3-4,7-8,12H,2,5-6H2,1H3. The maximum atomic E-state index is 5.51. The summed E-state index contributed by atoms with van der Waals surface area (Å²) >= 11 is 3.32. The van der Waals surface area contributed by atoms with Crippen molar-refractivity contribution in [2.45, 2.75) is 19.3 Å². The lowest BCUT2D eigenvalue weighted by atomic mass is 10.2. The fourth-order valence-corrected chi connectivity index (χ4v) is 2.00. The van der Waals surface area contributed by atoms with E-state index in [2.05, 4.69) is 34.2 Å². The Balaban J connectivity index is 1.85. The molecule has 3 heteroatoms. The molecular weight excluding hydrogens is 230 g/mol. The van der Waals surface area contributed by atoms with Gasteiger partial charge in [-0.25, -0.2) is 0 Å². The molecule has 1 fully saturated rings. The molecule has 0 aliphatic heterocycles. The molecule has 2 atom stereocenters. The average Bonchev–Trinajstić information content (AvgIpc) is 2.78. The van der Waals surface area contributed by atoms with Crippen molar-refractivity contribution in [1.82, 2.24) is 5.32 Å². The zero-order chi connectivity index (χ0) is 9.26. The van der Waals surface area contributed by atoms with Crippen molar-refractivity contribution in [2.24, 2.45) is 5.92 Å². The normalized spacial score (nSPS) is 26.3. The molecule has 0 radical (unpaired) electrons. The van der Waals surface area contributed by atoms with Gasteiger partial charge in [-0.2, -0.15) is 0 Å². The van der Waals surface area contributed by atoms with Gasteiger partial charge in [0.25, 0.3) is 0 Å². The topological polar surface area (TPSA) is 25.2 Å². The van der Waals surface area contributed by atoms with Gasteiger partial charge < -0.3 is 9.73 Å². The lowest BCUT2D eigenvalue weighted by molar-refractivity contribution is 0.479. The number of hydrogen-bond donors (Lipinski definition) is 1. The van der Waals surface area contributed by atoms with Crippen LogP contribution < -0.4 is 5.32 Å². The first kappa shape index (κ1) is 9.28. The van der Waals surface area contributed by atoms with Crippen LogP contribution in [0.5, 0.6) is 0 Å². The van der Waals surface area contributed by atoms with Gasteiger partial charge in [0, 0.05) is 5.92 Å². The van der Waals surface area contributed by atoms with E-state index in [4.69, 9.17) is 4.42 Å². The molecule has 1 aliphatic carbocycles. The van der Waals surface area contributed by atoms with Crippen molar-refractivity contribution in [3.05, 3.63) is 22.6 Å². The number of rotatable bonds is 4.